The molecule has 2 rings (SSSR count). The van der Waals surface area contributed by atoms with E-state index >= 15 is 0 Å². The van der Waals surface area contributed by atoms with Gasteiger partial charge in [0, 0.05) is 19.1 Å². The van der Waals surface area contributed by atoms with Gasteiger partial charge in [-0.3, -0.25) is 4.90 Å². The summed E-state index contributed by atoms with van der Waals surface area (Å²) >= 11 is 0. The fourth-order valence-electron chi connectivity index (χ4n) is 3.03. The van der Waals surface area contributed by atoms with Crippen molar-refractivity contribution < 1.29 is 4.74 Å². The van der Waals surface area contributed by atoms with Gasteiger partial charge in [-0.15, -0.1) is 0 Å². The maximum atomic E-state index is 5.74. The van der Waals surface area contributed by atoms with Gasteiger partial charge in [-0.05, 0) is 52.6 Å². The molecular weight excluding hydrogens is 200 g/mol. The lowest BCUT2D eigenvalue weighted by molar-refractivity contribution is -0.0682. The maximum absolute atomic E-state index is 5.74. The number of nitrogens with zero attached hydrogens (tertiary/aromatic N) is 1. The van der Waals surface area contributed by atoms with Crippen molar-refractivity contribution in [1.29, 1.82) is 0 Å². The zero-order valence-corrected chi connectivity index (χ0v) is 10.7. The van der Waals surface area contributed by atoms with E-state index in [1.54, 1.807) is 0 Å². The number of hydrogen-bond acceptors (Lipinski definition) is 3. The molecule has 16 heavy (non-hydrogen) atoms. The van der Waals surface area contributed by atoms with Crippen LogP contribution in [0.15, 0.2) is 0 Å². The number of rotatable bonds is 4. The van der Waals surface area contributed by atoms with E-state index < -0.39 is 0 Å². The molecule has 0 aromatic rings. The molecule has 1 N–H and O–H groups in total. The van der Waals surface area contributed by atoms with Crippen LogP contribution >= 0.6 is 0 Å². The summed E-state index contributed by atoms with van der Waals surface area (Å²) in [6, 6.07) is 0.802. The molecule has 2 fully saturated rings. The van der Waals surface area contributed by atoms with Crippen molar-refractivity contribution in [1.82, 2.24) is 10.2 Å². The smallest absolute Gasteiger partial charge is 0.0678 e. The third-order valence-electron chi connectivity index (χ3n) is 3.68. The Kier molecular flexibility index (Phi) is 4.62. The van der Waals surface area contributed by atoms with Crippen LogP contribution in [-0.4, -0.2) is 49.3 Å². The fraction of sp³-hybridized carbons (Fsp3) is 1.00. The molecule has 0 saturated carbocycles. The Balaban J connectivity index is 1.61. The van der Waals surface area contributed by atoms with Crippen LogP contribution in [0, 0.1) is 0 Å². The maximum Gasteiger partial charge on any atom is 0.0678 e. The highest BCUT2D eigenvalue weighted by molar-refractivity contribution is 4.76. The molecule has 3 atom stereocenters. The standard InChI is InChI=1S/C13H26N2O/c1-11-9-15(10-12(2)16-11)8-4-6-13-5-3-7-14-13/h11-14H,3-10H2,1-2H3. The van der Waals surface area contributed by atoms with E-state index in [0.717, 1.165) is 19.1 Å². The van der Waals surface area contributed by atoms with Gasteiger partial charge >= 0.3 is 0 Å². The first-order valence-electron chi connectivity index (χ1n) is 6.85. The second kappa shape index (κ2) is 5.99. The third-order valence-corrected chi connectivity index (χ3v) is 3.68. The molecule has 3 heteroatoms. The van der Waals surface area contributed by atoms with Crippen LogP contribution in [0.25, 0.3) is 0 Å². The molecule has 94 valence electrons. The average molecular weight is 226 g/mol. The Labute approximate surface area is 99.5 Å². The first kappa shape index (κ1) is 12.3. The second-order valence-corrected chi connectivity index (χ2v) is 5.45. The molecule has 0 aromatic heterocycles. The topological polar surface area (TPSA) is 24.5 Å². The molecule has 0 radical (unpaired) electrons. The zero-order chi connectivity index (χ0) is 11.4. The molecule has 0 bridgehead atoms. The van der Waals surface area contributed by atoms with E-state index in [1.165, 1.54) is 38.8 Å². The molecule has 2 saturated heterocycles. The van der Waals surface area contributed by atoms with Gasteiger partial charge in [-0.1, -0.05) is 0 Å². The minimum absolute atomic E-state index is 0.411. The normalized spacial score (nSPS) is 36.8. The van der Waals surface area contributed by atoms with Crippen molar-refractivity contribution in [3.8, 4) is 0 Å². The van der Waals surface area contributed by atoms with Crippen LogP contribution in [0.5, 0.6) is 0 Å². The first-order valence-corrected chi connectivity index (χ1v) is 6.85. The molecule has 0 aliphatic carbocycles. The van der Waals surface area contributed by atoms with Gasteiger partial charge < -0.3 is 10.1 Å². The van der Waals surface area contributed by atoms with E-state index in [4.69, 9.17) is 4.74 Å². The van der Waals surface area contributed by atoms with Crippen LogP contribution in [0.3, 0.4) is 0 Å². The highest BCUT2D eigenvalue weighted by atomic mass is 16.5. The molecule has 3 unspecified atom stereocenters. The minimum Gasteiger partial charge on any atom is -0.373 e. The van der Waals surface area contributed by atoms with Crippen LogP contribution in [0.2, 0.25) is 0 Å². The first-order chi connectivity index (χ1) is 7.74. The van der Waals surface area contributed by atoms with Crippen molar-refractivity contribution in [2.24, 2.45) is 0 Å². The number of hydrogen-bond donors (Lipinski definition) is 1. The summed E-state index contributed by atoms with van der Waals surface area (Å²) in [7, 11) is 0. The SMILES string of the molecule is CC1CN(CCCC2CCCN2)CC(C)O1. The largest absolute Gasteiger partial charge is 0.373 e. The van der Waals surface area contributed by atoms with Gasteiger partial charge in [0.1, 0.15) is 0 Å². The predicted octanol–water partition coefficient (Wildman–Crippen LogP) is 1.63. The Morgan fingerprint density at radius 2 is 2.00 bits per heavy atom. The Morgan fingerprint density at radius 1 is 1.25 bits per heavy atom. The van der Waals surface area contributed by atoms with Crippen LogP contribution in [0.4, 0.5) is 0 Å². The van der Waals surface area contributed by atoms with E-state index in [1.807, 2.05) is 0 Å². The van der Waals surface area contributed by atoms with Crippen LogP contribution in [0.1, 0.15) is 39.5 Å². The summed E-state index contributed by atoms with van der Waals surface area (Å²) < 4.78 is 5.74. The lowest BCUT2D eigenvalue weighted by Crippen LogP contribution is -2.45. The number of morpholine rings is 1. The van der Waals surface area contributed by atoms with Crippen LogP contribution < -0.4 is 5.32 Å². The van der Waals surface area contributed by atoms with Gasteiger partial charge in [0.25, 0.3) is 0 Å². The van der Waals surface area contributed by atoms with Gasteiger partial charge in [0.05, 0.1) is 12.2 Å². The summed E-state index contributed by atoms with van der Waals surface area (Å²) in [5.74, 6) is 0. The molecule has 2 aliphatic rings. The van der Waals surface area contributed by atoms with Crippen molar-refractivity contribution in [3.63, 3.8) is 0 Å². The van der Waals surface area contributed by atoms with Crippen molar-refractivity contribution in [3.05, 3.63) is 0 Å². The number of ether oxygens (including phenoxy) is 1. The Morgan fingerprint density at radius 3 is 2.62 bits per heavy atom. The molecule has 2 aliphatic heterocycles. The molecule has 0 aromatic carbocycles. The summed E-state index contributed by atoms with van der Waals surface area (Å²) in [5, 5.41) is 3.57. The number of nitrogens with one attached hydrogen (secondary N) is 1. The van der Waals surface area contributed by atoms with E-state index in [2.05, 4.69) is 24.1 Å². The molecule has 0 amide bonds. The second-order valence-electron chi connectivity index (χ2n) is 5.45. The molecular formula is C13H26N2O. The third kappa shape index (κ3) is 3.72. The van der Waals surface area contributed by atoms with Gasteiger partial charge in [0.15, 0.2) is 0 Å². The van der Waals surface area contributed by atoms with E-state index in [0.29, 0.717) is 12.2 Å². The predicted molar refractivity (Wildman–Crippen MR) is 66.7 cm³/mol. The molecule has 0 spiro atoms. The van der Waals surface area contributed by atoms with Gasteiger partial charge in [-0.2, -0.15) is 0 Å². The van der Waals surface area contributed by atoms with Crippen molar-refractivity contribution >= 4 is 0 Å². The summed E-state index contributed by atoms with van der Waals surface area (Å²) in [6.07, 6.45) is 6.25. The average Bonchev–Trinajstić information content (AvgIpc) is 2.69. The Hall–Kier alpha value is -0.120. The van der Waals surface area contributed by atoms with Crippen molar-refractivity contribution in [2.45, 2.75) is 57.8 Å². The van der Waals surface area contributed by atoms with Gasteiger partial charge in [-0.25, -0.2) is 0 Å². The summed E-state index contributed by atoms with van der Waals surface area (Å²) in [5.41, 5.74) is 0. The fourth-order valence-corrected chi connectivity index (χ4v) is 3.03. The summed E-state index contributed by atoms with van der Waals surface area (Å²) in [6.45, 7) is 9.07. The minimum atomic E-state index is 0.411. The van der Waals surface area contributed by atoms with Crippen LogP contribution in [-0.2, 0) is 4.74 Å². The lowest BCUT2D eigenvalue weighted by atomic mass is 10.1. The van der Waals surface area contributed by atoms with Crippen molar-refractivity contribution in [2.75, 3.05) is 26.2 Å². The molecule has 2 heterocycles. The molecule has 3 nitrogen and oxygen atoms in total. The quantitative estimate of drug-likeness (QED) is 0.788. The monoisotopic (exact) mass is 226 g/mol. The highest BCUT2D eigenvalue weighted by Crippen LogP contribution is 2.14. The van der Waals surface area contributed by atoms with Gasteiger partial charge in [0.2, 0.25) is 0 Å². The highest BCUT2D eigenvalue weighted by Gasteiger charge is 2.22. The van der Waals surface area contributed by atoms with E-state index in [-0.39, 0.29) is 0 Å². The van der Waals surface area contributed by atoms with E-state index in [9.17, 15) is 0 Å². The lowest BCUT2D eigenvalue weighted by Gasteiger charge is -2.35. The summed E-state index contributed by atoms with van der Waals surface area (Å²) in [4.78, 5) is 2.56. The zero-order valence-electron chi connectivity index (χ0n) is 10.7. The Bertz CT molecular complexity index is 194.